The lowest BCUT2D eigenvalue weighted by atomic mass is 9.64. The molecule has 0 bridgehead atoms. The molecule has 3 heterocycles. The summed E-state index contributed by atoms with van der Waals surface area (Å²) in [7, 11) is 2.79. The number of hydrogen-bond acceptors (Lipinski definition) is 7. The lowest BCUT2D eigenvalue weighted by molar-refractivity contribution is -0.138. The fourth-order valence-electron chi connectivity index (χ4n) is 6.29. The molecule has 14 heteroatoms. The van der Waals surface area contributed by atoms with Gasteiger partial charge in [-0.05, 0) is 17.7 Å². The van der Waals surface area contributed by atoms with E-state index >= 15 is 0 Å². The number of phenolic OH excluding ortho intramolecular Hbond substituents is 1. The number of methoxy groups -OCH3 is 2. The number of carbonyl (C=O) groups excluding carboxylic acids is 2. The van der Waals surface area contributed by atoms with E-state index in [1.54, 1.807) is 36.4 Å². The Balaban J connectivity index is 1.65. The Bertz CT molecular complexity index is 1770. The van der Waals surface area contributed by atoms with E-state index in [0.717, 1.165) is 9.47 Å². The molecule has 2 aliphatic heterocycles. The normalized spacial score (nSPS) is 26.8. The number of nitrogens with zero attached hydrogens (tertiary/aromatic N) is 4. The van der Waals surface area contributed by atoms with Crippen LogP contribution in [0.15, 0.2) is 63.7 Å². The van der Waals surface area contributed by atoms with Crippen LogP contribution in [0.1, 0.15) is 23.9 Å². The Morgan fingerprint density at radius 3 is 2.37 bits per heavy atom. The van der Waals surface area contributed by atoms with Gasteiger partial charge in [0.25, 0.3) is 11.8 Å². The van der Waals surface area contributed by atoms with Crippen LogP contribution in [0.4, 0.5) is 0 Å². The summed E-state index contributed by atoms with van der Waals surface area (Å²) >= 11 is 17.6. The number of para-hydroxylation sites is 1. The zero-order valence-corrected chi connectivity index (χ0v) is 24.8. The number of amides is 2. The van der Waals surface area contributed by atoms with Gasteiger partial charge in [-0.1, -0.05) is 40.2 Å². The fraction of sp³-hybridized carbons (Fsp3) is 0.333. The Kier molecular flexibility index (Phi) is 6.44. The van der Waals surface area contributed by atoms with Crippen molar-refractivity contribution < 1.29 is 24.2 Å². The summed E-state index contributed by atoms with van der Waals surface area (Å²) in [6, 6.07) is 10.3. The predicted octanol–water partition coefficient (Wildman–Crippen LogP) is 2.87. The molecule has 4 atom stereocenters. The van der Waals surface area contributed by atoms with Crippen LogP contribution < -0.4 is 20.9 Å². The second kappa shape index (κ2) is 9.53. The number of phenols is 1. The van der Waals surface area contributed by atoms with Gasteiger partial charge in [0.2, 0.25) is 0 Å². The van der Waals surface area contributed by atoms with Crippen molar-refractivity contribution in [2.75, 3.05) is 19.7 Å². The zero-order chi connectivity index (χ0) is 29.4. The van der Waals surface area contributed by atoms with Crippen molar-refractivity contribution >= 4 is 50.9 Å². The number of likely N-dealkylation sites (tertiary alicyclic amines) is 1. The first-order chi connectivity index (χ1) is 19.5. The molecule has 1 N–H and O–H groups in total. The SMILES string of the molecule is COc1cc(O)c([C@H]2C3=CCn4c(=O)n(-c5ccccc5)c(=O)n4[C@@H]3C[C@@]3(Cl)C(=O)N(CBr)C(=O)[C@@]23Cl)c(OC)c1. The molecular formula is C27H23BrCl2N4O7. The van der Waals surface area contributed by atoms with Gasteiger partial charge in [-0.3, -0.25) is 14.5 Å². The molecule has 0 radical (unpaired) electrons. The van der Waals surface area contributed by atoms with Crippen LogP contribution in [-0.2, 0) is 16.1 Å². The van der Waals surface area contributed by atoms with Crippen LogP contribution in [0.3, 0.4) is 0 Å². The number of imide groups is 1. The highest BCUT2D eigenvalue weighted by molar-refractivity contribution is 9.09. The number of rotatable bonds is 5. The monoisotopic (exact) mass is 664 g/mol. The summed E-state index contributed by atoms with van der Waals surface area (Å²) in [6.45, 7) is -0.0397. The van der Waals surface area contributed by atoms with Gasteiger partial charge in [-0.25, -0.2) is 23.5 Å². The molecular weight excluding hydrogens is 643 g/mol. The number of hydrogen-bond donors (Lipinski definition) is 1. The summed E-state index contributed by atoms with van der Waals surface area (Å²) in [5.41, 5.74) is -0.526. The highest BCUT2D eigenvalue weighted by Gasteiger charge is 2.75. The fourth-order valence-corrected chi connectivity index (χ4v) is 7.68. The lowest BCUT2D eigenvalue weighted by Gasteiger charge is -2.49. The maximum Gasteiger partial charge on any atom is 0.352 e. The number of carbonyl (C=O) groups is 2. The van der Waals surface area contributed by atoms with Crippen LogP contribution in [0.5, 0.6) is 17.2 Å². The van der Waals surface area contributed by atoms with E-state index in [0.29, 0.717) is 11.3 Å². The minimum atomic E-state index is -2.12. The number of ether oxygens (including phenoxy) is 2. The number of fused-ring (bicyclic) bond motifs is 4. The molecule has 3 aromatic rings. The van der Waals surface area contributed by atoms with Gasteiger partial charge in [-0.15, -0.1) is 23.2 Å². The lowest BCUT2D eigenvalue weighted by Crippen LogP contribution is -2.59. The van der Waals surface area contributed by atoms with Crippen molar-refractivity contribution in [3.8, 4) is 22.9 Å². The molecule has 214 valence electrons. The van der Waals surface area contributed by atoms with Gasteiger partial charge < -0.3 is 14.6 Å². The molecule has 1 aromatic heterocycles. The molecule has 2 amide bonds. The number of halogens is 3. The van der Waals surface area contributed by atoms with Crippen molar-refractivity contribution in [3.05, 3.63) is 80.6 Å². The highest BCUT2D eigenvalue weighted by atomic mass is 79.9. The average molecular weight is 666 g/mol. The van der Waals surface area contributed by atoms with Crippen molar-refractivity contribution in [1.82, 2.24) is 18.8 Å². The van der Waals surface area contributed by atoms with E-state index in [1.807, 2.05) is 0 Å². The van der Waals surface area contributed by atoms with Crippen molar-refractivity contribution in [1.29, 1.82) is 0 Å². The van der Waals surface area contributed by atoms with E-state index in [-0.39, 0.29) is 41.2 Å². The predicted molar refractivity (Wildman–Crippen MR) is 153 cm³/mol. The summed E-state index contributed by atoms with van der Waals surface area (Å²) in [5.74, 6) is -2.69. The molecule has 41 heavy (non-hydrogen) atoms. The molecule has 1 saturated carbocycles. The summed E-state index contributed by atoms with van der Waals surface area (Å²) < 4.78 is 14.4. The van der Waals surface area contributed by atoms with E-state index in [4.69, 9.17) is 32.7 Å². The van der Waals surface area contributed by atoms with Gasteiger partial charge in [-0.2, -0.15) is 0 Å². The molecule has 1 saturated heterocycles. The summed E-state index contributed by atoms with van der Waals surface area (Å²) in [4.78, 5) is 51.8. The minimum Gasteiger partial charge on any atom is -0.507 e. The first kappa shape index (κ1) is 27.7. The molecule has 2 fully saturated rings. The second-order valence-electron chi connectivity index (χ2n) is 9.95. The number of aromatic nitrogens is 3. The van der Waals surface area contributed by atoms with Gasteiger partial charge in [0.05, 0.1) is 37.9 Å². The molecule has 0 unspecified atom stereocenters. The summed E-state index contributed by atoms with van der Waals surface area (Å²) in [5, 5.41) is 11.3. The Hall–Kier alpha value is -3.48. The maximum absolute atomic E-state index is 13.9. The Morgan fingerprint density at radius 2 is 1.73 bits per heavy atom. The van der Waals surface area contributed by atoms with E-state index in [9.17, 15) is 24.3 Å². The van der Waals surface area contributed by atoms with E-state index in [2.05, 4.69) is 15.9 Å². The largest absolute Gasteiger partial charge is 0.507 e. The van der Waals surface area contributed by atoms with Gasteiger partial charge in [0.15, 0.2) is 9.75 Å². The van der Waals surface area contributed by atoms with Gasteiger partial charge >= 0.3 is 11.4 Å². The quantitative estimate of drug-likeness (QED) is 0.192. The molecule has 1 aliphatic carbocycles. The molecule has 11 nitrogen and oxygen atoms in total. The highest BCUT2D eigenvalue weighted by Crippen LogP contribution is 2.65. The smallest absolute Gasteiger partial charge is 0.352 e. The third-order valence-corrected chi connectivity index (χ3v) is 10.0. The van der Waals surface area contributed by atoms with Gasteiger partial charge in [0.1, 0.15) is 17.2 Å². The first-order valence-corrected chi connectivity index (χ1v) is 14.4. The number of alkyl halides is 3. The van der Waals surface area contributed by atoms with Crippen molar-refractivity contribution in [2.45, 2.75) is 34.7 Å². The number of benzene rings is 2. The standard InChI is InChI=1S/C27H23BrCl2N4O7/c1-40-15-10-18(35)20(19(11-15)41-2)21-16-8-9-32-24(38)33(14-6-4-3-5-7-14)25(39)34(32)17(16)12-26(29)22(36)31(13-28)23(37)27(21,26)30/h3-8,10-11,17,21,35H,9,12-13H2,1-2H3/t17-,21-,26-,27+/m1/s1. The maximum atomic E-state index is 13.9. The Labute approximate surface area is 251 Å². The minimum absolute atomic E-state index is 0.0397. The van der Waals surface area contributed by atoms with Crippen LogP contribution in [0.25, 0.3) is 5.69 Å². The molecule has 3 aliphatic rings. The zero-order valence-electron chi connectivity index (χ0n) is 21.7. The topological polar surface area (TPSA) is 125 Å². The van der Waals surface area contributed by atoms with Crippen LogP contribution in [-0.4, -0.2) is 65.2 Å². The van der Waals surface area contributed by atoms with Crippen molar-refractivity contribution in [3.63, 3.8) is 0 Å². The third kappa shape index (κ3) is 3.50. The second-order valence-corrected chi connectivity index (χ2v) is 11.7. The van der Waals surface area contributed by atoms with Crippen molar-refractivity contribution in [2.24, 2.45) is 0 Å². The first-order valence-electron chi connectivity index (χ1n) is 12.5. The van der Waals surface area contributed by atoms with E-state index < -0.39 is 44.9 Å². The number of aromatic hydroxyl groups is 1. The van der Waals surface area contributed by atoms with Crippen LogP contribution >= 0.6 is 39.1 Å². The molecule has 0 spiro atoms. The molecule has 2 aromatic carbocycles. The number of allylic oxidation sites excluding steroid dienone is 2. The summed E-state index contributed by atoms with van der Waals surface area (Å²) in [6.07, 6.45) is 1.41. The third-order valence-electron chi connectivity index (χ3n) is 8.13. The molecule has 6 rings (SSSR count). The Morgan fingerprint density at radius 1 is 1.02 bits per heavy atom. The average Bonchev–Trinajstić information content (AvgIpc) is 3.31. The van der Waals surface area contributed by atoms with E-state index in [1.165, 1.54) is 35.7 Å². The van der Waals surface area contributed by atoms with Crippen LogP contribution in [0, 0.1) is 0 Å². The van der Waals surface area contributed by atoms with Crippen LogP contribution in [0.2, 0.25) is 0 Å². The van der Waals surface area contributed by atoms with Gasteiger partial charge in [0, 0.05) is 30.0 Å².